The summed E-state index contributed by atoms with van der Waals surface area (Å²) in [5, 5.41) is 10.7. The number of sulfone groups is 1. The van der Waals surface area contributed by atoms with Crippen LogP contribution in [-0.4, -0.2) is 37.2 Å². The third-order valence-corrected chi connectivity index (χ3v) is 2.72. The van der Waals surface area contributed by atoms with Crippen molar-refractivity contribution in [2.75, 3.05) is 11.6 Å². The minimum Gasteiger partial charge on any atom is -0.480 e. The molecule has 1 aliphatic rings. The zero-order chi connectivity index (χ0) is 7.78. The van der Waals surface area contributed by atoms with Crippen LogP contribution < -0.4 is 5.32 Å². The lowest BCUT2D eigenvalue weighted by atomic mass is 10.4. The quantitative estimate of drug-likeness (QED) is 0.489. The molecule has 1 atom stereocenters. The standard InChI is InChI=1S/C4H7NO4S/c6-4(7)3-1-10(8,9)2-5-3/h3,5H,1-2H2,(H,6,7)/t3-/m0/s1. The summed E-state index contributed by atoms with van der Waals surface area (Å²) < 4.78 is 21.2. The lowest BCUT2D eigenvalue weighted by Crippen LogP contribution is -2.32. The summed E-state index contributed by atoms with van der Waals surface area (Å²) in [6.07, 6.45) is 0. The van der Waals surface area contributed by atoms with Gasteiger partial charge in [0.25, 0.3) is 0 Å². The molecule has 1 heterocycles. The second kappa shape index (κ2) is 2.21. The molecule has 0 aromatic rings. The van der Waals surface area contributed by atoms with E-state index in [4.69, 9.17) is 5.11 Å². The highest BCUT2D eigenvalue weighted by atomic mass is 32.2. The number of rotatable bonds is 1. The molecule has 2 N–H and O–H groups in total. The van der Waals surface area contributed by atoms with Gasteiger partial charge in [-0.05, 0) is 0 Å². The third kappa shape index (κ3) is 1.45. The van der Waals surface area contributed by atoms with Gasteiger partial charge in [0, 0.05) is 0 Å². The molecule has 0 radical (unpaired) electrons. The Morgan fingerprint density at radius 1 is 1.60 bits per heavy atom. The van der Waals surface area contributed by atoms with E-state index >= 15 is 0 Å². The van der Waals surface area contributed by atoms with Crippen LogP contribution in [0.25, 0.3) is 0 Å². The van der Waals surface area contributed by atoms with Gasteiger partial charge in [-0.2, -0.15) is 0 Å². The first-order valence-electron chi connectivity index (χ1n) is 2.68. The highest BCUT2D eigenvalue weighted by Gasteiger charge is 2.31. The predicted octanol–water partition coefficient (Wildman–Crippen LogP) is -1.58. The van der Waals surface area contributed by atoms with Gasteiger partial charge in [-0.1, -0.05) is 0 Å². The maximum atomic E-state index is 10.6. The van der Waals surface area contributed by atoms with E-state index in [1.165, 1.54) is 0 Å². The van der Waals surface area contributed by atoms with E-state index in [1.807, 2.05) is 0 Å². The van der Waals surface area contributed by atoms with Gasteiger partial charge >= 0.3 is 5.97 Å². The van der Waals surface area contributed by atoms with Crippen molar-refractivity contribution in [3.8, 4) is 0 Å². The molecule has 0 unspecified atom stereocenters. The first-order valence-corrected chi connectivity index (χ1v) is 4.50. The van der Waals surface area contributed by atoms with Crippen LogP contribution in [0.2, 0.25) is 0 Å². The Hall–Kier alpha value is -0.620. The molecule has 1 rings (SSSR count). The summed E-state index contributed by atoms with van der Waals surface area (Å²) in [6.45, 7) is 0. The van der Waals surface area contributed by atoms with Gasteiger partial charge in [-0.15, -0.1) is 0 Å². The average molecular weight is 165 g/mol. The van der Waals surface area contributed by atoms with Crippen LogP contribution in [0.15, 0.2) is 0 Å². The molecule has 0 amide bonds. The summed E-state index contributed by atoms with van der Waals surface area (Å²) in [7, 11) is -3.13. The van der Waals surface area contributed by atoms with Gasteiger partial charge in [0.2, 0.25) is 0 Å². The highest BCUT2D eigenvalue weighted by Crippen LogP contribution is 2.02. The minimum absolute atomic E-state index is 0.218. The number of carboxylic acid groups (broad SMARTS) is 1. The van der Waals surface area contributed by atoms with Crippen molar-refractivity contribution in [2.45, 2.75) is 6.04 Å². The molecule has 58 valence electrons. The van der Waals surface area contributed by atoms with Crippen LogP contribution in [0.5, 0.6) is 0 Å². The molecule has 5 nitrogen and oxygen atoms in total. The van der Waals surface area contributed by atoms with Crippen molar-refractivity contribution < 1.29 is 18.3 Å². The van der Waals surface area contributed by atoms with E-state index in [0.29, 0.717) is 0 Å². The number of hydrogen-bond acceptors (Lipinski definition) is 4. The Morgan fingerprint density at radius 3 is 2.40 bits per heavy atom. The Bertz CT molecular complexity index is 244. The van der Waals surface area contributed by atoms with Crippen molar-refractivity contribution in [1.82, 2.24) is 5.32 Å². The van der Waals surface area contributed by atoms with Crippen molar-refractivity contribution >= 4 is 15.8 Å². The summed E-state index contributed by atoms with van der Waals surface area (Å²) in [6, 6.07) is -0.912. The normalized spacial score (nSPS) is 30.2. The van der Waals surface area contributed by atoms with Crippen LogP contribution in [0.1, 0.15) is 0 Å². The SMILES string of the molecule is O=C(O)[C@@H]1CS(=O)(=O)CN1. The van der Waals surface area contributed by atoms with Crippen LogP contribution in [0.4, 0.5) is 0 Å². The van der Waals surface area contributed by atoms with E-state index in [0.717, 1.165) is 0 Å². The van der Waals surface area contributed by atoms with Crippen molar-refractivity contribution in [3.05, 3.63) is 0 Å². The van der Waals surface area contributed by atoms with E-state index in [2.05, 4.69) is 5.32 Å². The Morgan fingerprint density at radius 2 is 2.20 bits per heavy atom. The highest BCUT2D eigenvalue weighted by molar-refractivity contribution is 7.91. The first kappa shape index (κ1) is 7.49. The number of aliphatic carboxylic acids is 1. The minimum atomic E-state index is -3.13. The molecular formula is C4H7NO4S. The monoisotopic (exact) mass is 165 g/mol. The van der Waals surface area contributed by atoms with Gasteiger partial charge in [0.15, 0.2) is 9.84 Å². The molecular weight excluding hydrogens is 158 g/mol. The van der Waals surface area contributed by atoms with E-state index in [9.17, 15) is 13.2 Å². The molecule has 0 bridgehead atoms. The summed E-state index contributed by atoms with van der Waals surface area (Å²) in [4.78, 5) is 10.2. The smallest absolute Gasteiger partial charge is 0.321 e. The molecule has 0 spiro atoms. The third-order valence-electron chi connectivity index (χ3n) is 1.27. The fraction of sp³-hybridized carbons (Fsp3) is 0.750. The second-order valence-corrected chi connectivity index (χ2v) is 4.26. The van der Waals surface area contributed by atoms with E-state index < -0.39 is 21.8 Å². The molecule has 0 aromatic heterocycles. The Balaban J connectivity index is 2.69. The summed E-state index contributed by atoms with van der Waals surface area (Å²) in [5.41, 5.74) is 0. The molecule has 1 saturated heterocycles. The second-order valence-electron chi connectivity index (χ2n) is 2.15. The number of hydrogen-bond donors (Lipinski definition) is 2. The Kier molecular flexibility index (Phi) is 1.65. The molecule has 0 aromatic carbocycles. The molecule has 10 heavy (non-hydrogen) atoms. The predicted molar refractivity (Wildman–Crippen MR) is 33.2 cm³/mol. The molecule has 0 saturated carbocycles. The van der Waals surface area contributed by atoms with Crippen LogP contribution >= 0.6 is 0 Å². The molecule has 1 fully saturated rings. The maximum Gasteiger partial charge on any atom is 0.321 e. The van der Waals surface area contributed by atoms with Gasteiger partial charge in [-0.25, -0.2) is 8.42 Å². The van der Waals surface area contributed by atoms with Gasteiger partial charge in [0.05, 0.1) is 11.6 Å². The topological polar surface area (TPSA) is 83.5 Å². The lowest BCUT2D eigenvalue weighted by Gasteiger charge is -1.97. The number of nitrogens with one attached hydrogen (secondary N) is 1. The zero-order valence-corrected chi connectivity index (χ0v) is 5.89. The molecule has 1 aliphatic heterocycles. The average Bonchev–Trinajstić information content (AvgIpc) is 2.10. The largest absolute Gasteiger partial charge is 0.480 e. The van der Waals surface area contributed by atoms with Crippen LogP contribution in [-0.2, 0) is 14.6 Å². The maximum absolute atomic E-state index is 10.6. The van der Waals surface area contributed by atoms with E-state index in [1.54, 1.807) is 0 Å². The number of carbonyl (C=O) groups is 1. The first-order chi connectivity index (χ1) is 4.51. The molecule has 0 aliphatic carbocycles. The molecule has 6 heteroatoms. The van der Waals surface area contributed by atoms with Crippen LogP contribution in [0.3, 0.4) is 0 Å². The van der Waals surface area contributed by atoms with Crippen LogP contribution in [0, 0.1) is 0 Å². The lowest BCUT2D eigenvalue weighted by molar-refractivity contribution is -0.138. The van der Waals surface area contributed by atoms with Gasteiger partial charge < -0.3 is 5.11 Å². The Labute approximate surface area is 58.0 Å². The van der Waals surface area contributed by atoms with Crippen molar-refractivity contribution in [3.63, 3.8) is 0 Å². The van der Waals surface area contributed by atoms with Gasteiger partial charge in [0.1, 0.15) is 6.04 Å². The van der Waals surface area contributed by atoms with E-state index in [-0.39, 0.29) is 11.6 Å². The van der Waals surface area contributed by atoms with Crippen molar-refractivity contribution in [2.24, 2.45) is 0 Å². The van der Waals surface area contributed by atoms with Gasteiger partial charge in [-0.3, -0.25) is 10.1 Å². The number of carboxylic acids is 1. The fourth-order valence-electron chi connectivity index (χ4n) is 0.758. The fourth-order valence-corrected chi connectivity index (χ4v) is 2.10. The summed E-state index contributed by atoms with van der Waals surface area (Å²) >= 11 is 0. The zero-order valence-electron chi connectivity index (χ0n) is 5.07. The van der Waals surface area contributed by atoms with Crippen molar-refractivity contribution in [1.29, 1.82) is 0 Å². The summed E-state index contributed by atoms with van der Waals surface area (Å²) in [5.74, 6) is -1.62.